The molecule has 0 spiro atoms. The summed E-state index contributed by atoms with van der Waals surface area (Å²) < 4.78 is 7.70. The van der Waals surface area contributed by atoms with Gasteiger partial charge in [-0.3, -0.25) is 9.78 Å². The van der Waals surface area contributed by atoms with Crippen LogP contribution < -0.4 is 20.7 Å². The highest BCUT2D eigenvalue weighted by Crippen LogP contribution is 2.28. The van der Waals surface area contributed by atoms with Crippen molar-refractivity contribution in [2.24, 2.45) is 0 Å². The van der Waals surface area contributed by atoms with Crippen LogP contribution in [0.25, 0.3) is 5.69 Å². The van der Waals surface area contributed by atoms with E-state index in [4.69, 9.17) is 16.3 Å². The number of nitrogens with zero attached hydrogens (tertiary/aromatic N) is 2. The van der Waals surface area contributed by atoms with Crippen molar-refractivity contribution in [3.63, 3.8) is 0 Å². The van der Waals surface area contributed by atoms with E-state index in [0.29, 0.717) is 28.8 Å². The first-order valence-electron chi connectivity index (χ1n) is 10.9. The van der Waals surface area contributed by atoms with Crippen molar-refractivity contribution in [1.29, 1.82) is 0 Å². The molecule has 0 atom stereocenters. The lowest BCUT2D eigenvalue weighted by molar-refractivity contribution is 0.0958. The highest BCUT2D eigenvalue weighted by Gasteiger charge is 2.11. The molecule has 0 aliphatic carbocycles. The van der Waals surface area contributed by atoms with Gasteiger partial charge in [-0.15, -0.1) is 0 Å². The monoisotopic (exact) mass is 489 g/mol. The molecule has 2 heterocycles. The van der Waals surface area contributed by atoms with Crippen molar-refractivity contribution in [3.8, 4) is 17.2 Å². The summed E-state index contributed by atoms with van der Waals surface area (Å²) in [5, 5.41) is 8.92. The lowest BCUT2D eigenvalue weighted by Crippen LogP contribution is -2.28. The van der Waals surface area contributed by atoms with Crippen LogP contribution in [0.1, 0.15) is 21.6 Å². The molecule has 0 radical (unpaired) electrons. The number of rotatable bonds is 7. The molecule has 0 aliphatic rings. The van der Waals surface area contributed by atoms with E-state index in [0.717, 1.165) is 16.8 Å². The van der Waals surface area contributed by atoms with Crippen molar-refractivity contribution in [2.75, 3.05) is 12.4 Å². The van der Waals surface area contributed by atoms with Crippen LogP contribution in [0.2, 0.25) is 5.02 Å². The maximum Gasteiger partial charge on any atom is 0.319 e. The van der Waals surface area contributed by atoms with Crippen LogP contribution in [0.3, 0.4) is 0 Å². The Bertz CT molecular complexity index is 1340. The quantitative estimate of drug-likeness (QED) is 0.328. The van der Waals surface area contributed by atoms with Gasteiger partial charge in [-0.25, -0.2) is 4.79 Å². The SMILES string of the molecule is CNC(=O)c1cc(Oc2ccc(CNC(=O)Nc3cc(C)c(Cl)cc3-n3cccc3)cc2)ccn1. The maximum atomic E-state index is 12.6. The first-order valence-corrected chi connectivity index (χ1v) is 11.2. The van der Waals surface area contributed by atoms with Crippen molar-refractivity contribution >= 4 is 29.2 Å². The van der Waals surface area contributed by atoms with Gasteiger partial charge in [0.1, 0.15) is 17.2 Å². The second kappa shape index (κ2) is 10.8. The Kier molecular flexibility index (Phi) is 7.32. The van der Waals surface area contributed by atoms with E-state index in [1.807, 2.05) is 60.3 Å². The van der Waals surface area contributed by atoms with Gasteiger partial charge in [-0.2, -0.15) is 0 Å². The molecule has 3 N–H and O–H groups in total. The molecule has 0 saturated carbocycles. The van der Waals surface area contributed by atoms with Crippen molar-refractivity contribution in [2.45, 2.75) is 13.5 Å². The first kappa shape index (κ1) is 23.8. The Morgan fingerprint density at radius 1 is 1.03 bits per heavy atom. The zero-order chi connectivity index (χ0) is 24.8. The number of urea groups is 1. The van der Waals surface area contributed by atoms with Crippen LogP contribution in [0.15, 0.2) is 79.3 Å². The fourth-order valence-electron chi connectivity index (χ4n) is 3.37. The van der Waals surface area contributed by atoms with E-state index >= 15 is 0 Å². The minimum absolute atomic E-state index is 0.271. The maximum absolute atomic E-state index is 12.6. The minimum atomic E-state index is -0.334. The molecule has 0 bridgehead atoms. The lowest BCUT2D eigenvalue weighted by Gasteiger charge is -2.15. The molecule has 4 aromatic rings. The third kappa shape index (κ3) is 5.99. The second-order valence-electron chi connectivity index (χ2n) is 7.72. The molecule has 8 nitrogen and oxygen atoms in total. The van der Waals surface area contributed by atoms with E-state index in [1.54, 1.807) is 31.3 Å². The number of anilines is 1. The number of carbonyl (C=O) groups is 2. The number of hydrogen-bond acceptors (Lipinski definition) is 4. The standard InChI is InChI=1S/C26H24ClN5O3/c1-17-13-22(24(15-21(17)27)32-11-3-4-12-32)31-26(34)30-16-18-5-7-19(8-6-18)35-20-9-10-29-23(14-20)25(33)28-2/h3-15H,16H2,1-2H3,(H,28,33)(H2,30,31,34). The van der Waals surface area contributed by atoms with Crippen LogP contribution >= 0.6 is 11.6 Å². The van der Waals surface area contributed by atoms with Crippen molar-refractivity contribution in [1.82, 2.24) is 20.2 Å². The van der Waals surface area contributed by atoms with E-state index in [-0.39, 0.29) is 17.6 Å². The zero-order valence-electron chi connectivity index (χ0n) is 19.2. The average molecular weight is 490 g/mol. The fourth-order valence-corrected chi connectivity index (χ4v) is 3.52. The summed E-state index contributed by atoms with van der Waals surface area (Å²) in [5.41, 5.74) is 3.46. The molecule has 0 unspecified atom stereocenters. The Morgan fingerprint density at radius 3 is 2.49 bits per heavy atom. The van der Waals surface area contributed by atoms with Gasteiger partial charge in [0.25, 0.3) is 5.91 Å². The number of carbonyl (C=O) groups excluding carboxylic acids is 2. The van der Waals surface area contributed by atoms with Crippen molar-refractivity contribution < 1.29 is 14.3 Å². The number of hydrogen-bond donors (Lipinski definition) is 3. The first-order chi connectivity index (χ1) is 16.9. The number of halogens is 1. The van der Waals surface area contributed by atoms with Crippen LogP contribution in [-0.4, -0.2) is 28.5 Å². The molecule has 9 heteroatoms. The van der Waals surface area contributed by atoms with E-state index in [9.17, 15) is 9.59 Å². The molecule has 4 rings (SSSR count). The molecule has 2 aromatic heterocycles. The van der Waals surface area contributed by atoms with E-state index in [1.165, 1.54) is 6.20 Å². The topological polar surface area (TPSA) is 97.3 Å². The van der Waals surface area contributed by atoms with Crippen LogP contribution in [0.4, 0.5) is 10.5 Å². The Morgan fingerprint density at radius 2 is 1.77 bits per heavy atom. The summed E-state index contributed by atoms with van der Waals surface area (Å²) in [6.07, 6.45) is 5.29. The Balaban J connectivity index is 1.37. The van der Waals surface area contributed by atoms with Gasteiger partial charge in [0.05, 0.1) is 11.4 Å². The van der Waals surface area contributed by atoms with Crippen LogP contribution in [0, 0.1) is 6.92 Å². The van der Waals surface area contributed by atoms with Crippen molar-refractivity contribution in [3.05, 3.63) is 101 Å². The number of pyridine rings is 1. The summed E-state index contributed by atoms with van der Waals surface area (Å²) in [7, 11) is 1.54. The third-order valence-electron chi connectivity index (χ3n) is 5.21. The third-order valence-corrected chi connectivity index (χ3v) is 5.62. The van der Waals surface area contributed by atoms with Crippen LogP contribution in [0.5, 0.6) is 11.5 Å². The highest BCUT2D eigenvalue weighted by molar-refractivity contribution is 6.31. The Labute approximate surface area is 207 Å². The Hall–Kier alpha value is -4.30. The number of nitrogens with one attached hydrogen (secondary N) is 3. The normalized spacial score (nSPS) is 10.5. The molecule has 3 amide bonds. The summed E-state index contributed by atoms with van der Waals surface area (Å²) in [6.45, 7) is 2.22. The number of aromatic nitrogens is 2. The second-order valence-corrected chi connectivity index (χ2v) is 8.13. The molecule has 35 heavy (non-hydrogen) atoms. The largest absolute Gasteiger partial charge is 0.457 e. The molecule has 0 aliphatic heterocycles. The average Bonchev–Trinajstić information content (AvgIpc) is 3.40. The minimum Gasteiger partial charge on any atom is -0.457 e. The van der Waals surface area contributed by atoms with Gasteiger partial charge in [0.15, 0.2) is 0 Å². The summed E-state index contributed by atoms with van der Waals surface area (Å²) >= 11 is 6.30. The van der Waals surface area contributed by atoms with E-state index in [2.05, 4.69) is 20.9 Å². The molecular formula is C26H24ClN5O3. The van der Waals surface area contributed by atoms with Gasteiger partial charge in [-0.1, -0.05) is 23.7 Å². The molecule has 2 aromatic carbocycles. The zero-order valence-corrected chi connectivity index (χ0v) is 20.0. The van der Waals surface area contributed by atoms with Gasteiger partial charge < -0.3 is 25.3 Å². The predicted octanol–water partition coefficient (Wildman–Crippen LogP) is 5.31. The highest BCUT2D eigenvalue weighted by atomic mass is 35.5. The lowest BCUT2D eigenvalue weighted by atomic mass is 10.2. The number of aryl methyl sites for hydroxylation is 1. The summed E-state index contributed by atoms with van der Waals surface area (Å²) in [4.78, 5) is 28.4. The molecule has 0 saturated heterocycles. The van der Waals surface area contributed by atoms with Gasteiger partial charge in [0.2, 0.25) is 0 Å². The number of benzene rings is 2. The summed E-state index contributed by atoms with van der Waals surface area (Å²) in [5.74, 6) is 0.810. The smallest absolute Gasteiger partial charge is 0.319 e. The predicted molar refractivity (Wildman–Crippen MR) is 136 cm³/mol. The molecule has 0 fully saturated rings. The number of ether oxygens (including phenoxy) is 1. The van der Waals surface area contributed by atoms with Crippen LogP contribution in [-0.2, 0) is 6.54 Å². The van der Waals surface area contributed by atoms with E-state index < -0.39 is 0 Å². The number of amides is 3. The molecular weight excluding hydrogens is 466 g/mol. The van der Waals surface area contributed by atoms with Gasteiger partial charge in [-0.05, 0) is 60.5 Å². The fraction of sp³-hybridized carbons (Fsp3) is 0.115. The summed E-state index contributed by atoms with van der Waals surface area (Å²) in [6, 6.07) is 17.7. The molecule has 178 valence electrons. The van der Waals surface area contributed by atoms with Gasteiger partial charge >= 0.3 is 6.03 Å². The van der Waals surface area contributed by atoms with Gasteiger partial charge in [0, 0.05) is 43.3 Å².